The standard InChI is InChI=1S/C13H15N5/c1-10(12-5-3-11(7-14)4-6-12)15-8-13-16-9-17-18(13)2/h3-6,9-10,15H,8H2,1-2H3. The molecule has 2 rings (SSSR count). The van der Waals surface area contributed by atoms with E-state index in [1.807, 2.05) is 31.3 Å². The van der Waals surface area contributed by atoms with Crippen LogP contribution in [-0.2, 0) is 13.6 Å². The molecule has 1 N–H and O–H groups in total. The van der Waals surface area contributed by atoms with E-state index < -0.39 is 0 Å². The second-order valence-corrected chi connectivity index (χ2v) is 4.14. The molecule has 0 bridgehead atoms. The van der Waals surface area contributed by atoms with E-state index in [1.54, 1.807) is 11.0 Å². The zero-order chi connectivity index (χ0) is 13.0. The Morgan fingerprint density at radius 1 is 1.39 bits per heavy atom. The van der Waals surface area contributed by atoms with E-state index in [0.717, 1.165) is 11.4 Å². The van der Waals surface area contributed by atoms with Gasteiger partial charge in [0.1, 0.15) is 12.2 Å². The summed E-state index contributed by atoms with van der Waals surface area (Å²) in [5, 5.41) is 16.1. The van der Waals surface area contributed by atoms with Crippen LogP contribution in [0.15, 0.2) is 30.6 Å². The van der Waals surface area contributed by atoms with Gasteiger partial charge >= 0.3 is 0 Å². The highest BCUT2D eigenvalue weighted by Crippen LogP contribution is 2.13. The minimum absolute atomic E-state index is 0.203. The van der Waals surface area contributed by atoms with Gasteiger partial charge in [-0.05, 0) is 24.6 Å². The summed E-state index contributed by atoms with van der Waals surface area (Å²) >= 11 is 0. The van der Waals surface area contributed by atoms with Crippen LogP contribution in [0, 0.1) is 11.3 Å². The molecule has 1 atom stereocenters. The molecule has 0 saturated carbocycles. The molecule has 0 aliphatic heterocycles. The van der Waals surface area contributed by atoms with Crippen LogP contribution in [0.25, 0.3) is 0 Å². The molecular formula is C13H15N5. The molecule has 0 fully saturated rings. The first-order chi connectivity index (χ1) is 8.70. The Labute approximate surface area is 106 Å². The molecule has 0 amide bonds. The Hall–Kier alpha value is -2.19. The van der Waals surface area contributed by atoms with Crippen LogP contribution in [0.1, 0.15) is 29.9 Å². The van der Waals surface area contributed by atoms with Gasteiger partial charge in [0.2, 0.25) is 0 Å². The third-order valence-electron chi connectivity index (χ3n) is 2.91. The lowest BCUT2D eigenvalue weighted by Crippen LogP contribution is -2.20. The van der Waals surface area contributed by atoms with Gasteiger partial charge in [0.25, 0.3) is 0 Å². The van der Waals surface area contributed by atoms with E-state index in [-0.39, 0.29) is 6.04 Å². The molecular weight excluding hydrogens is 226 g/mol. The van der Waals surface area contributed by atoms with E-state index in [0.29, 0.717) is 12.1 Å². The maximum Gasteiger partial charge on any atom is 0.140 e. The van der Waals surface area contributed by atoms with E-state index in [4.69, 9.17) is 5.26 Å². The lowest BCUT2D eigenvalue weighted by atomic mass is 10.1. The van der Waals surface area contributed by atoms with E-state index in [9.17, 15) is 0 Å². The fraction of sp³-hybridized carbons (Fsp3) is 0.308. The Kier molecular flexibility index (Phi) is 3.70. The quantitative estimate of drug-likeness (QED) is 0.881. The Bertz CT molecular complexity index is 550. The van der Waals surface area contributed by atoms with Crippen molar-refractivity contribution in [1.29, 1.82) is 5.26 Å². The van der Waals surface area contributed by atoms with Crippen molar-refractivity contribution in [3.05, 3.63) is 47.5 Å². The number of nitriles is 1. The fourth-order valence-electron chi connectivity index (χ4n) is 1.69. The molecule has 92 valence electrons. The summed E-state index contributed by atoms with van der Waals surface area (Å²) in [6.45, 7) is 2.75. The predicted octanol–water partition coefficient (Wildman–Crippen LogP) is 1.54. The van der Waals surface area contributed by atoms with Crippen molar-refractivity contribution < 1.29 is 0 Å². The number of hydrogen-bond donors (Lipinski definition) is 1. The second-order valence-electron chi connectivity index (χ2n) is 4.14. The molecule has 2 aromatic rings. The molecule has 1 unspecified atom stereocenters. The normalized spacial score (nSPS) is 12.1. The van der Waals surface area contributed by atoms with Crippen molar-refractivity contribution in [2.24, 2.45) is 7.05 Å². The van der Waals surface area contributed by atoms with E-state index in [1.165, 1.54) is 0 Å². The maximum absolute atomic E-state index is 8.74. The van der Waals surface area contributed by atoms with Crippen molar-refractivity contribution in [1.82, 2.24) is 20.1 Å². The first-order valence-corrected chi connectivity index (χ1v) is 5.77. The lowest BCUT2D eigenvalue weighted by Gasteiger charge is -2.13. The van der Waals surface area contributed by atoms with Gasteiger partial charge in [0, 0.05) is 13.1 Å². The SMILES string of the molecule is CC(NCc1ncnn1C)c1ccc(C#N)cc1. The van der Waals surface area contributed by atoms with Crippen molar-refractivity contribution >= 4 is 0 Å². The summed E-state index contributed by atoms with van der Waals surface area (Å²) in [6, 6.07) is 9.90. The van der Waals surface area contributed by atoms with Crippen LogP contribution in [0.2, 0.25) is 0 Å². The molecule has 5 nitrogen and oxygen atoms in total. The minimum atomic E-state index is 0.203. The zero-order valence-corrected chi connectivity index (χ0v) is 10.5. The van der Waals surface area contributed by atoms with E-state index in [2.05, 4.69) is 28.4 Å². The van der Waals surface area contributed by atoms with Gasteiger partial charge in [0.15, 0.2) is 0 Å². The first-order valence-electron chi connectivity index (χ1n) is 5.77. The van der Waals surface area contributed by atoms with Crippen LogP contribution in [0.4, 0.5) is 0 Å². The number of benzene rings is 1. The average Bonchev–Trinajstić information content (AvgIpc) is 2.81. The van der Waals surface area contributed by atoms with Crippen molar-refractivity contribution in [3.63, 3.8) is 0 Å². The largest absolute Gasteiger partial charge is 0.303 e. The number of nitrogens with zero attached hydrogens (tertiary/aromatic N) is 4. The molecule has 0 aliphatic carbocycles. The zero-order valence-electron chi connectivity index (χ0n) is 10.5. The summed E-state index contributed by atoms with van der Waals surface area (Å²) < 4.78 is 1.75. The summed E-state index contributed by atoms with van der Waals surface area (Å²) in [6.07, 6.45) is 1.55. The lowest BCUT2D eigenvalue weighted by molar-refractivity contribution is 0.540. The van der Waals surface area contributed by atoms with Crippen LogP contribution < -0.4 is 5.32 Å². The number of rotatable bonds is 4. The molecule has 0 aliphatic rings. The van der Waals surface area contributed by atoms with Gasteiger partial charge < -0.3 is 5.32 Å². The van der Waals surface area contributed by atoms with Gasteiger partial charge in [-0.1, -0.05) is 12.1 Å². The smallest absolute Gasteiger partial charge is 0.140 e. The summed E-state index contributed by atoms with van der Waals surface area (Å²) in [4.78, 5) is 4.16. The van der Waals surface area contributed by atoms with E-state index >= 15 is 0 Å². The van der Waals surface area contributed by atoms with Crippen LogP contribution in [0.5, 0.6) is 0 Å². The molecule has 1 heterocycles. The van der Waals surface area contributed by atoms with Gasteiger partial charge in [-0.15, -0.1) is 0 Å². The van der Waals surface area contributed by atoms with Crippen molar-refractivity contribution in [2.45, 2.75) is 19.5 Å². The van der Waals surface area contributed by atoms with Gasteiger partial charge in [-0.3, -0.25) is 4.68 Å². The Balaban J connectivity index is 1.97. The monoisotopic (exact) mass is 241 g/mol. The van der Waals surface area contributed by atoms with Crippen LogP contribution in [0.3, 0.4) is 0 Å². The minimum Gasteiger partial charge on any atom is -0.303 e. The molecule has 0 radical (unpaired) electrons. The highest BCUT2D eigenvalue weighted by Gasteiger charge is 2.06. The fourth-order valence-corrected chi connectivity index (χ4v) is 1.69. The number of nitrogens with one attached hydrogen (secondary N) is 1. The third kappa shape index (κ3) is 2.73. The van der Waals surface area contributed by atoms with Crippen LogP contribution >= 0.6 is 0 Å². The molecule has 18 heavy (non-hydrogen) atoms. The third-order valence-corrected chi connectivity index (χ3v) is 2.91. The number of aryl methyl sites for hydroxylation is 1. The topological polar surface area (TPSA) is 66.5 Å². The van der Waals surface area contributed by atoms with Gasteiger partial charge in [0.05, 0.1) is 18.2 Å². The molecule has 0 spiro atoms. The van der Waals surface area contributed by atoms with Gasteiger partial charge in [-0.2, -0.15) is 10.4 Å². The van der Waals surface area contributed by atoms with Gasteiger partial charge in [-0.25, -0.2) is 4.98 Å². The van der Waals surface area contributed by atoms with Crippen molar-refractivity contribution in [2.75, 3.05) is 0 Å². The number of aromatic nitrogens is 3. The second kappa shape index (κ2) is 5.43. The molecule has 1 aromatic carbocycles. The highest BCUT2D eigenvalue weighted by atomic mass is 15.3. The Morgan fingerprint density at radius 2 is 2.11 bits per heavy atom. The highest BCUT2D eigenvalue weighted by molar-refractivity contribution is 5.32. The summed E-state index contributed by atoms with van der Waals surface area (Å²) in [5.41, 5.74) is 1.83. The molecule has 5 heteroatoms. The maximum atomic E-state index is 8.74. The number of hydrogen-bond acceptors (Lipinski definition) is 4. The Morgan fingerprint density at radius 3 is 2.67 bits per heavy atom. The average molecular weight is 241 g/mol. The molecule has 0 saturated heterocycles. The first kappa shape index (κ1) is 12.3. The predicted molar refractivity (Wildman–Crippen MR) is 67.4 cm³/mol. The summed E-state index contributed by atoms with van der Waals surface area (Å²) in [5.74, 6) is 0.899. The molecule has 1 aromatic heterocycles. The van der Waals surface area contributed by atoms with Crippen molar-refractivity contribution in [3.8, 4) is 6.07 Å². The van der Waals surface area contributed by atoms with Crippen LogP contribution in [-0.4, -0.2) is 14.8 Å². The summed E-state index contributed by atoms with van der Waals surface area (Å²) in [7, 11) is 1.87.